The van der Waals surface area contributed by atoms with Crippen molar-refractivity contribution in [3.8, 4) is 0 Å². The van der Waals surface area contributed by atoms with Crippen LogP contribution in [0.15, 0.2) is 34.7 Å². The maximum atomic E-state index is 11.9. The van der Waals surface area contributed by atoms with Crippen molar-refractivity contribution in [2.75, 3.05) is 5.75 Å². The van der Waals surface area contributed by atoms with Gasteiger partial charge in [0.1, 0.15) is 17.1 Å². The Kier molecular flexibility index (Phi) is 2.82. The van der Waals surface area contributed by atoms with Gasteiger partial charge in [-0.1, -0.05) is 12.1 Å². The SMILES string of the molecule is CC(=O)C1=C(O)c2ccccc2S(=O)(=O)CC1=O. The highest BCUT2D eigenvalue weighted by molar-refractivity contribution is 7.92. The number of allylic oxidation sites excluding steroid dienone is 1. The Hall–Kier alpha value is -1.95. The first-order valence-electron chi connectivity index (χ1n) is 5.14. The minimum absolute atomic E-state index is 0.00597. The van der Waals surface area contributed by atoms with Gasteiger partial charge in [-0.25, -0.2) is 8.42 Å². The summed E-state index contributed by atoms with van der Waals surface area (Å²) in [6.07, 6.45) is 0. The number of carbonyl (C=O) groups excluding carboxylic acids is 2. The van der Waals surface area contributed by atoms with E-state index >= 15 is 0 Å². The molecule has 0 unspecified atom stereocenters. The quantitative estimate of drug-likeness (QED) is 0.763. The van der Waals surface area contributed by atoms with Crippen molar-refractivity contribution in [2.45, 2.75) is 11.8 Å². The van der Waals surface area contributed by atoms with E-state index < -0.39 is 38.5 Å². The Balaban J connectivity index is 2.86. The molecule has 0 fully saturated rings. The van der Waals surface area contributed by atoms with Crippen LogP contribution in [-0.4, -0.2) is 30.8 Å². The molecule has 0 saturated carbocycles. The van der Waals surface area contributed by atoms with Crippen LogP contribution in [0.3, 0.4) is 0 Å². The average molecular weight is 266 g/mol. The van der Waals surface area contributed by atoms with E-state index in [0.717, 1.165) is 6.92 Å². The molecule has 0 saturated heterocycles. The Labute approximate surface area is 104 Å². The Morgan fingerprint density at radius 2 is 1.89 bits per heavy atom. The third-order valence-electron chi connectivity index (χ3n) is 2.67. The molecule has 94 valence electrons. The van der Waals surface area contributed by atoms with Crippen LogP contribution < -0.4 is 0 Å². The molecule has 0 aliphatic carbocycles. The molecule has 0 amide bonds. The topological polar surface area (TPSA) is 88.5 Å². The summed E-state index contributed by atoms with van der Waals surface area (Å²) < 4.78 is 23.9. The molecule has 2 rings (SSSR count). The molecule has 0 bridgehead atoms. The number of aliphatic hydroxyl groups is 1. The molecule has 0 atom stereocenters. The van der Waals surface area contributed by atoms with Crippen molar-refractivity contribution in [3.63, 3.8) is 0 Å². The van der Waals surface area contributed by atoms with Gasteiger partial charge >= 0.3 is 0 Å². The first-order chi connectivity index (χ1) is 8.34. The lowest BCUT2D eigenvalue weighted by Crippen LogP contribution is -2.19. The normalized spacial score (nSPS) is 18.2. The number of fused-ring (bicyclic) bond motifs is 1. The van der Waals surface area contributed by atoms with Crippen LogP contribution in [0.1, 0.15) is 12.5 Å². The number of hydrogen-bond donors (Lipinski definition) is 1. The van der Waals surface area contributed by atoms with Gasteiger partial charge in [0.2, 0.25) is 0 Å². The van der Waals surface area contributed by atoms with E-state index in [1.165, 1.54) is 24.3 Å². The van der Waals surface area contributed by atoms with Crippen molar-refractivity contribution in [3.05, 3.63) is 35.4 Å². The van der Waals surface area contributed by atoms with Gasteiger partial charge in [0.05, 0.1) is 4.90 Å². The summed E-state index contributed by atoms with van der Waals surface area (Å²) in [6.45, 7) is 1.12. The van der Waals surface area contributed by atoms with Gasteiger partial charge in [-0.15, -0.1) is 0 Å². The molecular weight excluding hydrogens is 256 g/mol. The highest BCUT2D eigenvalue weighted by atomic mass is 32.2. The largest absolute Gasteiger partial charge is 0.506 e. The first kappa shape index (κ1) is 12.5. The maximum absolute atomic E-state index is 11.9. The van der Waals surface area contributed by atoms with Gasteiger partial charge in [0.25, 0.3) is 0 Å². The van der Waals surface area contributed by atoms with Crippen molar-refractivity contribution < 1.29 is 23.1 Å². The van der Waals surface area contributed by atoms with Crippen LogP contribution in [0, 0.1) is 0 Å². The number of hydrogen-bond acceptors (Lipinski definition) is 5. The first-order valence-corrected chi connectivity index (χ1v) is 6.79. The smallest absolute Gasteiger partial charge is 0.186 e. The number of rotatable bonds is 1. The molecule has 0 aromatic heterocycles. The van der Waals surface area contributed by atoms with Crippen molar-refractivity contribution in [2.24, 2.45) is 0 Å². The summed E-state index contributed by atoms with van der Waals surface area (Å²) in [4.78, 5) is 23.0. The zero-order valence-electron chi connectivity index (χ0n) is 9.50. The molecule has 1 N–H and O–H groups in total. The molecule has 1 aromatic carbocycles. The van der Waals surface area contributed by atoms with Crippen LogP contribution in [0.2, 0.25) is 0 Å². The predicted octanol–water partition coefficient (Wildman–Crippen LogP) is 0.901. The van der Waals surface area contributed by atoms with Gasteiger partial charge < -0.3 is 5.11 Å². The molecular formula is C12H10O5S. The van der Waals surface area contributed by atoms with Gasteiger partial charge in [0, 0.05) is 5.56 Å². The highest BCUT2D eigenvalue weighted by Gasteiger charge is 2.33. The second-order valence-corrected chi connectivity index (χ2v) is 5.92. The molecule has 1 aliphatic heterocycles. The van der Waals surface area contributed by atoms with Crippen LogP contribution in [0.5, 0.6) is 0 Å². The van der Waals surface area contributed by atoms with Crippen LogP contribution in [0.25, 0.3) is 5.76 Å². The maximum Gasteiger partial charge on any atom is 0.186 e. The van der Waals surface area contributed by atoms with Crippen molar-refractivity contribution in [1.29, 1.82) is 0 Å². The molecule has 1 aliphatic rings. The summed E-state index contributed by atoms with van der Waals surface area (Å²) in [6, 6.07) is 5.69. The minimum atomic E-state index is -3.83. The standard InChI is InChI=1S/C12H10O5S/c1-7(13)11-9(14)6-18(16,17)10-5-3-2-4-8(10)12(11)15/h2-5,15H,6H2,1H3. The van der Waals surface area contributed by atoms with Gasteiger partial charge in [-0.3, -0.25) is 9.59 Å². The second kappa shape index (κ2) is 4.06. The number of aliphatic hydroxyl groups excluding tert-OH is 1. The Morgan fingerprint density at radius 1 is 1.28 bits per heavy atom. The second-order valence-electron chi connectivity index (χ2n) is 3.96. The van der Waals surface area contributed by atoms with E-state index in [-0.39, 0.29) is 10.5 Å². The summed E-state index contributed by atoms with van der Waals surface area (Å²) in [5.41, 5.74) is -0.461. The zero-order valence-corrected chi connectivity index (χ0v) is 10.3. The molecule has 1 aromatic rings. The predicted molar refractivity (Wildman–Crippen MR) is 63.7 cm³/mol. The fourth-order valence-electron chi connectivity index (χ4n) is 1.89. The number of ketones is 2. The average Bonchev–Trinajstić information content (AvgIpc) is 2.34. The lowest BCUT2D eigenvalue weighted by Gasteiger charge is -2.05. The summed E-state index contributed by atoms with van der Waals surface area (Å²) >= 11 is 0. The Bertz CT molecular complexity index is 682. The third kappa shape index (κ3) is 1.84. The molecule has 1 heterocycles. The van der Waals surface area contributed by atoms with Gasteiger partial charge in [0.15, 0.2) is 21.4 Å². The third-order valence-corrected chi connectivity index (χ3v) is 4.33. The number of sulfone groups is 1. The molecule has 5 nitrogen and oxygen atoms in total. The lowest BCUT2D eigenvalue weighted by molar-refractivity contribution is -0.119. The van der Waals surface area contributed by atoms with Crippen molar-refractivity contribution in [1.82, 2.24) is 0 Å². The van der Waals surface area contributed by atoms with E-state index in [9.17, 15) is 23.1 Å². The zero-order chi connectivity index (χ0) is 13.5. The molecule has 0 spiro atoms. The van der Waals surface area contributed by atoms with E-state index in [1.807, 2.05) is 0 Å². The van der Waals surface area contributed by atoms with Crippen molar-refractivity contribution >= 4 is 27.2 Å². The lowest BCUT2D eigenvalue weighted by atomic mass is 10.0. The highest BCUT2D eigenvalue weighted by Crippen LogP contribution is 2.29. The van der Waals surface area contributed by atoms with E-state index in [1.54, 1.807) is 0 Å². The van der Waals surface area contributed by atoms with E-state index in [4.69, 9.17) is 0 Å². The monoisotopic (exact) mass is 266 g/mol. The molecule has 0 radical (unpaired) electrons. The van der Waals surface area contributed by atoms with Crippen LogP contribution in [0.4, 0.5) is 0 Å². The minimum Gasteiger partial charge on any atom is -0.506 e. The summed E-state index contributed by atoms with van der Waals surface area (Å²) in [5.74, 6) is -2.90. The number of Topliss-reactive ketones (excluding diaryl/α,β-unsaturated/α-hetero) is 2. The molecule has 18 heavy (non-hydrogen) atoms. The summed E-state index contributed by atoms with van der Waals surface area (Å²) in [5, 5.41) is 9.95. The van der Waals surface area contributed by atoms with Crippen LogP contribution >= 0.6 is 0 Å². The van der Waals surface area contributed by atoms with Gasteiger partial charge in [-0.05, 0) is 19.1 Å². The van der Waals surface area contributed by atoms with Crippen LogP contribution in [-0.2, 0) is 19.4 Å². The Morgan fingerprint density at radius 3 is 2.50 bits per heavy atom. The van der Waals surface area contributed by atoms with E-state index in [2.05, 4.69) is 0 Å². The van der Waals surface area contributed by atoms with E-state index in [0.29, 0.717) is 0 Å². The summed E-state index contributed by atoms with van der Waals surface area (Å²) in [7, 11) is -3.83. The fraction of sp³-hybridized carbons (Fsp3) is 0.167. The number of benzene rings is 1. The molecule has 6 heteroatoms. The number of carbonyl (C=O) groups is 2. The van der Waals surface area contributed by atoms with Gasteiger partial charge in [-0.2, -0.15) is 0 Å². The fourth-order valence-corrected chi connectivity index (χ4v) is 3.32.